The molecule has 2 aromatic heterocycles. The highest BCUT2D eigenvalue weighted by Gasteiger charge is 2.56. The van der Waals surface area contributed by atoms with Crippen molar-refractivity contribution >= 4 is 56.7 Å². The summed E-state index contributed by atoms with van der Waals surface area (Å²) in [7, 11) is 0. The Balaban J connectivity index is 1.14. The smallest absolute Gasteiger partial charge is 0.247 e. The normalized spacial score (nSPS) is 19.5. The maximum absolute atomic E-state index is 15.8. The topological polar surface area (TPSA) is 100 Å². The molecule has 2 fully saturated rings. The average Bonchev–Trinajstić information content (AvgIpc) is 3.29. The van der Waals surface area contributed by atoms with E-state index < -0.39 is 17.8 Å². The summed E-state index contributed by atoms with van der Waals surface area (Å²) < 4.78 is 17.3. The predicted octanol–water partition coefficient (Wildman–Crippen LogP) is 5.81. The van der Waals surface area contributed by atoms with Crippen LogP contribution in [0.1, 0.15) is 30.3 Å². The zero-order valence-corrected chi connectivity index (χ0v) is 22.8. The van der Waals surface area contributed by atoms with Gasteiger partial charge >= 0.3 is 0 Å². The Kier molecular flexibility index (Phi) is 5.93. The van der Waals surface area contributed by atoms with Gasteiger partial charge in [-0.25, -0.2) is 4.39 Å². The van der Waals surface area contributed by atoms with Crippen molar-refractivity contribution in [2.75, 3.05) is 5.32 Å². The van der Waals surface area contributed by atoms with E-state index in [1.54, 1.807) is 35.4 Å². The molecule has 8 nitrogen and oxygen atoms in total. The highest BCUT2D eigenvalue weighted by Crippen LogP contribution is 2.48. The molecule has 1 saturated carbocycles. The van der Waals surface area contributed by atoms with Crippen LogP contribution in [-0.2, 0) is 16.1 Å². The predicted molar refractivity (Wildman–Crippen MR) is 154 cm³/mol. The van der Waals surface area contributed by atoms with E-state index in [9.17, 15) is 14.4 Å². The first-order valence-corrected chi connectivity index (χ1v) is 13.8. The van der Waals surface area contributed by atoms with Gasteiger partial charge in [-0.15, -0.1) is 0 Å². The number of H-pyrrole nitrogens is 1. The molecule has 10 heteroatoms. The molecule has 5 aromatic rings. The second-order valence-corrected chi connectivity index (χ2v) is 11.1. The van der Waals surface area contributed by atoms with Crippen molar-refractivity contribution in [3.05, 3.63) is 83.4 Å². The first-order valence-electron chi connectivity index (χ1n) is 13.4. The van der Waals surface area contributed by atoms with Crippen molar-refractivity contribution in [3.8, 4) is 11.1 Å². The highest BCUT2D eigenvalue weighted by atomic mass is 35.5. The number of carbonyl (C=O) groups is 3. The minimum absolute atomic E-state index is 0.0206. The number of amides is 2. The van der Waals surface area contributed by atoms with Crippen LogP contribution in [0.15, 0.2) is 66.9 Å². The third-order valence-corrected chi connectivity index (χ3v) is 8.58. The van der Waals surface area contributed by atoms with Crippen LogP contribution in [0.3, 0.4) is 0 Å². The molecule has 7 rings (SSSR count). The minimum atomic E-state index is -0.734. The maximum atomic E-state index is 15.8. The van der Waals surface area contributed by atoms with Crippen LogP contribution < -0.4 is 5.32 Å². The zero-order chi connectivity index (χ0) is 28.4. The second-order valence-electron chi connectivity index (χ2n) is 10.7. The van der Waals surface area contributed by atoms with Crippen molar-refractivity contribution < 1.29 is 18.8 Å². The number of nitrogens with one attached hydrogen (secondary N) is 2. The zero-order valence-electron chi connectivity index (χ0n) is 22.0. The minimum Gasteiger partial charge on any atom is -0.360 e. The van der Waals surface area contributed by atoms with E-state index in [0.717, 1.165) is 11.8 Å². The van der Waals surface area contributed by atoms with Crippen LogP contribution in [0.4, 0.5) is 10.1 Å². The van der Waals surface area contributed by atoms with E-state index in [0.29, 0.717) is 39.1 Å². The number of hydrogen-bond donors (Lipinski definition) is 2. The molecule has 3 atom stereocenters. The molecule has 2 aliphatic rings. The Labute approximate surface area is 239 Å². The number of para-hydroxylation sites is 1. The Bertz CT molecular complexity index is 1900. The van der Waals surface area contributed by atoms with E-state index in [2.05, 4.69) is 15.4 Å². The number of halogens is 2. The summed E-state index contributed by atoms with van der Waals surface area (Å²) in [4.78, 5) is 43.9. The number of aromatic nitrogens is 3. The lowest BCUT2D eigenvalue weighted by Gasteiger charge is -2.27. The Morgan fingerprint density at radius 1 is 1.05 bits per heavy atom. The largest absolute Gasteiger partial charge is 0.360 e. The number of piperidine rings is 1. The SMILES string of the molecule is CC(=O)c1nn(CC(=O)N2[C@@H]3C[C@@H]3C[C@H]2C(=O)Nc2cccc(-c3ccc4cc[nH]c4c3Cl)c2F)c2ccccc12. The molecule has 3 aromatic carbocycles. The highest BCUT2D eigenvalue weighted by molar-refractivity contribution is 6.38. The van der Waals surface area contributed by atoms with Gasteiger partial charge in [0.2, 0.25) is 11.8 Å². The number of Topliss-reactive ketones (excluding diaryl/α,β-unsaturated/α-hetero) is 1. The average molecular weight is 570 g/mol. The van der Waals surface area contributed by atoms with Gasteiger partial charge in [-0.2, -0.15) is 5.10 Å². The molecule has 0 bridgehead atoms. The molecule has 3 heterocycles. The molecule has 0 unspecified atom stereocenters. The summed E-state index contributed by atoms with van der Waals surface area (Å²) in [6.07, 6.45) is 3.11. The third kappa shape index (κ3) is 4.19. The summed E-state index contributed by atoms with van der Waals surface area (Å²) in [5, 5.41) is 9.11. The number of hydrogen-bond acceptors (Lipinski definition) is 4. The molecular formula is C31H25ClFN5O3. The standard InChI is InChI=1S/C31H25ClFN5O3/c1-16(39)29-21-5-2-3-8-23(21)37(36-29)15-26(40)38-24-13-18(24)14-25(38)31(41)35-22-7-4-6-20(28(22)33)19-10-9-17-11-12-34-30(17)27(19)32/h2-12,18,24-25,34H,13-15H2,1H3,(H,35,41)/t18-,24-,25+/m1/s1. The fourth-order valence-corrected chi connectivity index (χ4v) is 6.45. The van der Waals surface area contributed by atoms with Crippen molar-refractivity contribution in [3.63, 3.8) is 0 Å². The number of carbonyl (C=O) groups excluding carboxylic acids is 3. The molecule has 206 valence electrons. The fourth-order valence-electron chi connectivity index (χ4n) is 6.12. The Hall–Kier alpha value is -4.50. The number of nitrogens with zero attached hydrogens (tertiary/aromatic N) is 3. The lowest BCUT2D eigenvalue weighted by atomic mass is 10.0. The van der Waals surface area contributed by atoms with Crippen LogP contribution in [0, 0.1) is 11.7 Å². The van der Waals surface area contributed by atoms with Gasteiger partial charge in [0.25, 0.3) is 0 Å². The van der Waals surface area contributed by atoms with E-state index in [-0.39, 0.29) is 41.4 Å². The second kappa shape index (κ2) is 9.55. The van der Waals surface area contributed by atoms with E-state index in [4.69, 9.17) is 11.6 Å². The lowest BCUT2D eigenvalue weighted by Crippen LogP contribution is -2.46. The number of aromatic amines is 1. The quantitative estimate of drug-likeness (QED) is 0.252. The van der Waals surface area contributed by atoms with Crippen LogP contribution in [-0.4, -0.2) is 49.3 Å². The summed E-state index contributed by atoms with van der Waals surface area (Å²) in [5.41, 5.74) is 2.47. The summed E-state index contributed by atoms with van der Waals surface area (Å²) in [5.74, 6) is -1.26. The van der Waals surface area contributed by atoms with Gasteiger partial charge in [0.05, 0.1) is 21.7 Å². The van der Waals surface area contributed by atoms with E-state index in [1.165, 1.54) is 17.7 Å². The van der Waals surface area contributed by atoms with Gasteiger partial charge in [-0.3, -0.25) is 19.1 Å². The summed E-state index contributed by atoms with van der Waals surface area (Å²) in [6.45, 7) is 1.33. The Morgan fingerprint density at radius 3 is 2.71 bits per heavy atom. The molecule has 1 saturated heterocycles. The number of benzene rings is 3. The molecule has 0 spiro atoms. The molecule has 41 heavy (non-hydrogen) atoms. The first kappa shape index (κ1) is 25.5. The van der Waals surface area contributed by atoms with E-state index in [1.807, 2.05) is 30.3 Å². The van der Waals surface area contributed by atoms with Gasteiger partial charge in [0.1, 0.15) is 18.3 Å². The molecular weight excluding hydrogens is 545 g/mol. The number of ketones is 1. The van der Waals surface area contributed by atoms with Gasteiger partial charge in [0, 0.05) is 41.1 Å². The molecule has 0 radical (unpaired) electrons. The molecule has 1 aliphatic heterocycles. The van der Waals surface area contributed by atoms with Crippen LogP contribution >= 0.6 is 11.6 Å². The van der Waals surface area contributed by atoms with Gasteiger partial charge in [-0.1, -0.05) is 54.1 Å². The van der Waals surface area contributed by atoms with Crippen molar-refractivity contribution in [1.82, 2.24) is 19.7 Å². The number of rotatable bonds is 6. The molecule has 2 N–H and O–H groups in total. The van der Waals surface area contributed by atoms with E-state index >= 15 is 4.39 Å². The summed E-state index contributed by atoms with van der Waals surface area (Å²) in [6, 6.07) is 16.8. The van der Waals surface area contributed by atoms with Crippen molar-refractivity contribution in [2.45, 2.75) is 38.4 Å². The summed E-state index contributed by atoms with van der Waals surface area (Å²) >= 11 is 6.59. The third-order valence-electron chi connectivity index (χ3n) is 8.18. The number of likely N-dealkylation sites (tertiary alicyclic amines) is 1. The van der Waals surface area contributed by atoms with Crippen LogP contribution in [0.2, 0.25) is 5.02 Å². The monoisotopic (exact) mass is 569 g/mol. The number of fused-ring (bicyclic) bond motifs is 3. The number of anilines is 1. The van der Waals surface area contributed by atoms with Crippen molar-refractivity contribution in [2.24, 2.45) is 5.92 Å². The van der Waals surface area contributed by atoms with Crippen LogP contribution in [0.5, 0.6) is 0 Å². The fraction of sp³-hybridized carbons (Fsp3) is 0.226. The Morgan fingerprint density at radius 2 is 1.88 bits per heavy atom. The molecule has 1 aliphatic carbocycles. The maximum Gasteiger partial charge on any atom is 0.247 e. The van der Waals surface area contributed by atoms with Crippen LogP contribution in [0.25, 0.3) is 32.9 Å². The lowest BCUT2D eigenvalue weighted by molar-refractivity contribution is -0.138. The van der Waals surface area contributed by atoms with Gasteiger partial charge in [-0.05, 0) is 37.0 Å². The van der Waals surface area contributed by atoms with Gasteiger partial charge < -0.3 is 15.2 Å². The molecule has 2 amide bonds. The van der Waals surface area contributed by atoms with Gasteiger partial charge in [0.15, 0.2) is 11.6 Å². The van der Waals surface area contributed by atoms with Crippen molar-refractivity contribution in [1.29, 1.82) is 0 Å². The first-order chi connectivity index (χ1) is 19.8.